The van der Waals surface area contributed by atoms with Crippen LogP contribution in [0.3, 0.4) is 0 Å². The molecular formula is C6H10N2O2. The molecule has 0 N–H and O–H groups in total. The topological polar surface area (TPSA) is 44.7 Å². The van der Waals surface area contributed by atoms with E-state index in [0.29, 0.717) is 32.3 Å². The summed E-state index contributed by atoms with van der Waals surface area (Å²) in [6.45, 7) is 2.56. The van der Waals surface area contributed by atoms with Crippen LogP contribution in [-0.4, -0.2) is 36.9 Å². The van der Waals surface area contributed by atoms with Crippen molar-refractivity contribution in [1.29, 1.82) is 0 Å². The van der Waals surface area contributed by atoms with E-state index in [0.717, 1.165) is 6.42 Å². The second kappa shape index (κ2) is 1.93. The second-order valence-electron chi connectivity index (χ2n) is 2.70. The summed E-state index contributed by atoms with van der Waals surface area (Å²) in [4.78, 5) is 3.98. The van der Waals surface area contributed by atoms with Crippen molar-refractivity contribution in [2.75, 3.05) is 26.2 Å². The van der Waals surface area contributed by atoms with Gasteiger partial charge in [0.15, 0.2) is 0 Å². The number of hydroxylamine groups is 3. The molecule has 4 nitrogen and oxygen atoms in total. The Labute approximate surface area is 59.3 Å². The van der Waals surface area contributed by atoms with Gasteiger partial charge in [0.25, 0.3) is 0 Å². The Bertz CT molecular complexity index is 175. The molecule has 2 rings (SSSR count). The Balaban J connectivity index is 2.09. The average molecular weight is 142 g/mol. The van der Waals surface area contributed by atoms with Gasteiger partial charge in [-0.05, 0) is 0 Å². The van der Waals surface area contributed by atoms with Gasteiger partial charge in [-0.25, -0.2) is 0 Å². The molecule has 2 aliphatic rings. The first-order valence-electron chi connectivity index (χ1n) is 3.57. The molecule has 0 spiro atoms. The van der Waals surface area contributed by atoms with Crippen molar-refractivity contribution in [3.8, 4) is 0 Å². The molecule has 0 saturated carbocycles. The lowest BCUT2D eigenvalue weighted by Gasteiger charge is -2.46. The van der Waals surface area contributed by atoms with E-state index in [-0.39, 0.29) is 4.65 Å². The van der Waals surface area contributed by atoms with Crippen molar-refractivity contribution < 1.29 is 9.38 Å². The largest absolute Gasteiger partial charge is 0.624 e. The highest BCUT2D eigenvalue weighted by Crippen LogP contribution is 2.21. The van der Waals surface area contributed by atoms with Gasteiger partial charge in [-0.1, -0.05) is 0 Å². The van der Waals surface area contributed by atoms with E-state index >= 15 is 0 Å². The van der Waals surface area contributed by atoms with Crippen molar-refractivity contribution in [2.24, 2.45) is 4.99 Å². The van der Waals surface area contributed by atoms with Gasteiger partial charge in [0.2, 0.25) is 0 Å². The first-order chi connectivity index (χ1) is 4.81. The van der Waals surface area contributed by atoms with Gasteiger partial charge in [0, 0.05) is 6.42 Å². The van der Waals surface area contributed by atoms with E-state index in [1.165, 1.54) is 0 Å². The molecule has 0 aromatic carbocycles. The molecule has 0 unspecified atom stereocenters. The zero-order valence-corrected chi connectivity index (χ0v) is 5.75. The quantitative estimate of drug-likeness (QED) is 0.355. The first kappa shape index (κ1) is 6.12. The highest BCUT2D eigenvalue weighted by atomic mass is 16.6. The first-order valence-corrected chi connectivity index (χ1v) is 3.57. The normalized spacial score (nSPS) is 28.7. The number of hydrogen-bond acceptors (Lipinski definition) is 3. The summed E-state index contributed by atoms with van der Waals surface area (Å²) in [5.74, 6) is 0. The fourth-order valence-electron chi connectivity index (χ4n) is 1.21. The van der Waals surface area contributed by atoms with Gasteiger partial charge in [-0.2, -0.15) is 4.99 Å². The number of quaternary nitrogens is 1. The summed E-state index contributed by atoms with van der Waals surface area (Å²) in [5.41, 5.74) is 0. The van der Waals surface area contributed by atoms with Crippen LogP contribution in [0, 0.1) is 5.21 Å². The maximum absolute atomic E-state index is 11.4. The Morgan fingerprint density at radius 1 is 1.50 bits per heavy atom. The second-order valence-corrected chi connectivity index (χ2v) is 2.70. The number of hydrogen-bond donors (Lipinski definition) is 0. The summed E-state index contributed by atoms with van der Waals surface area (Å²) in [6, 6.07) is 0.409. The third kappa shape index (κ3) is 0.726. The van der Waals surface area contributed by atoms with Crippen molar-refractivity contribution in [2.45, 2.75) is 6.42 Å². The van der Waals surface area contributed by atoms with E-state index < -0.39 is 0 Å². The molecule has 0 atom stereocenters. The van der Waals surface area contributed by atoms with Crippen molar-refractivity contribution in [1.82, 2.24) is 0 Å². The van der Waals surface area contributed by atoms with E-state index in [1.54, 1.807) is 0 Å². The molecule has 0 aliphatic carbocycles. The molecule has 0 amide bonds. The number of ether oxygens (including phenoxy) is 1. The molecule has 10 heavy (non-hydrogen) atoms. The highest BCUT2D eigenvalue weighted by molar-refractivity contribution is 5.68. The fraction of sp³-hybridized carbons (Fsp3) is 0.833. The van der Waals surface area contributed by atoms with Gasteiger partial charge < -0.3 is 9.94 Å². The minimum atomic E-state index is -0.306. The van der Waals surface area contributed by atoms with E-state index in [9.17, 15) is 5.21 Å². The number of likely N-dealkylation sites (tertiary alicyclic amines) is 1. The van der Waals surface area contributed by atoms with Gasteiger partial charge in [0.1, 0.15) is 6.61 Å². The van der Waals surface area contributed by atoms with Crippen LogP contribution in [0.2, 0.25) is 0 Å². The predicted molar refractivity (Wildman–Crippen MR) is 36.2 cm³/mol. The maximum Gasteiger partial charge on any atom is 0.394 e. The molecule has 2 heterocycles. The van der Waals surface area contributed by atoms with Crippen molar-refractivity contribution >= 4 is 6.02 Å². The number of nitrogens with zero attached hydrogens (tertiary/aromatic N) is 2. The van der Waals surface area contributed by atoms with Crippen LogP contribution in [0.5, 0.6) is 0 Å². The summed E-state index contributed by atoms with van der Waals surface area (Å²) in [7, 11) is 0. The van der Waals surface area contributed by atoms with Crippen LogP contribution in [0.15, 0.2) is 4.99 Å². The standard InChI is InChI=1S/C6H10N2O2/c9-8(3-1-4-8)6-7-2-5-10-6/h1-5H2. The summed E-state index contributed by atoms with van der Waals surface area (Å²) < 4.78 is 4.76. The summed E-state index contributed by atoms with van der Waals surface area (Å²) in [6.07, 6.45) is 1.01. The Morgan fingerprint density at radius 3 is 2.70 bits per heavy atom. The van der Waals surface area contributed by atoms with Crippen LogP contribution >= 0.6 is 0 Å². The smallest absolute Gasteiger partial charge is 0.394 e. The lowest BCUT2D eigenvalue weighted by atomic mass is 10.2. The molecule has 4 heteroatoms. The van der Waals surface area contributed by atoms with E-state index in [1.807, 2.05) is 0 Å². The predicted octanol–water partition coefficient (Wildman–Crippen LogP) is 0.0909. The SMILES string of the molecule is [O-][N+]1(C2=NCCO2)CCC1. The molecule has 1 fully saturated rings. The minimum absolute atomic E-state index is 0.306. The van der Waals surface area contributed by atoms with Gasteiger partial charge in [0.05, 0.1) is 19.6 Å². The fourth-order valence-corrected chi connectivity index (χ4v) is 1.21. The number of aliphatic imine (C=N–C) groups is 1. The maximum atomic E-state index is 11.4. The number of rotatable bonds is 0. The molecular weight excluding hydrogens is 132 g/mol. The van der Waals surface area contributed by atoms with Crippen LogP contribution in [0.25, 0.3) is 0 Å². The molecule has 0 aromatic heterocycles. The number of amidine groups is 1. The molecule has 0 aromatic rings. The summed E-state index contributed by atoms with van der Waals surface area (Å²) in [5, 5.41) is 11.4. The van der Waals surface area contributed by atoms with Gasteiger partial charge >= 0.3 is 6.02 Å². The van der Waals surface area contributed by atoms with Crippen molar-refractivity contribution in [3.05, 3.63) is 5.21 Å². The molecule has 56 valence electrons. The van der Waals surface area contributed by atoms with Crippen LogP contribution in [0.4, 0.5) is 0 Å². The van der Waals surface area contributed by atoms with E-state index in [2.05, 4.69) is 4.99 Å². The Hall–Kier alpha value is -0.610. The lowest BCUT2D eigenvalue weighted by molar-refractivity contribution is -0.840. The van der Waals surface area contributed by atoms with E-state index in [4.69, 9.17) is 4.74 Å². The molecule has 0 bridgehead atoms. The van der Waals surface area contributed by atoms with Crippen LogP contribution in [-0.2, 0) is 4.74 Å². The molecule has 1 saturated heterocycles. The van der Waals surface area contributed by atoms with Gasteiger partial charge in [-0.3, -0.25) is 4.65 Å². The molecule has 2 aliphatic heterocycles. The minimum Gasteiger partial charge on any atom is -0.624 e. The van der Waals surface area contributed by atoms with Crippen LogP contribution in [0.1, 0.15) is 6.42 Å². The van der Waals surface area contributed by atoms with Gasteiger partial charge in [-0.15, -0.1) is 0 Å². The van der Waals surface area contributed by atoms with Crippen LogP contribution < -0.4 is 0 Å². The highest BCUT2D eigenvalue weighted by Gasteiger charge is 2.36. The van der Waals surface area contributed by atoms with Crippen molar-refractivity contribution in [3.63, 3.8) is 0 Å². The monoisotopic (exact) mass is 142 g/mol. The average Bonchev–Trinajstić information content (AvgIpc) is 2.33. The molecule has 0 radical (unpaired) electrons. The Kier molecular flexibility index (Phi) is 1.18. The Morgan fingerprint density at radius 2 is 2.30 bits per heavy atom. The zero-order valence-electron chi connectivity index (χ0n) is 5.75. The lowest BCUT2D eigenvalue weighted by Crippen LogP contribution is -2.57. The third-order valence-corrected chi connectivity index (χ3v) is 1.96. The third-order valence-electron chi connectivity index (χ3n) is 1.96. The summed E-state index contributed by atoms with van der Waals surface area (Å²) >= 11 is 0. The zero-order chi connectivity index (χ0) is 7.03.